The number of nitrogens with one attached hydrogen (secondary N) is 1. The molecule has 0 fully saturated rings. The molecule has 5 nitrogen and oxygen atoms in total. The van der Waals surface area contributed by atoms with E-state index in [2.05, 4.69) is 4.98 Å². The van der Waals surface area contributed by atoms with Crippen LogP contribution in [-0.4, -0.2) is 27.1 Å². The molecule has 76 valence electrons. The van der Waals surface area contributed by atoms with Crippen LogP contribution in [0.25, 0.3) is 0 Å². The lowest BCUT2D eigenvalue weighted by Crippen LogP contribution is -2.16. The van der Waals surface area contributed by atoms with Gasteiger partial charge in [-0.05, 0) is 19.1 Å². The Hall–Kier alpha value is -1.46. The van der Waals surface area contributed by atoms with Crippen molar-refractivity contribution < 1.29 is 10.2 Å². The van der Waals surface area contributed by atoms with Crippen molar-refractivity contribution in [3.8, 4) is 0 Å². The quantitative estimate of drug-likeness (QED) is 0.395. The first-order valence-corrected chi connectivity index (χ1v) is 4.19. The molecule has 0 aromatic carbocycles. The zero-order chi connectivity index (χ0) is 10.7. The molecule has 2 atom stereocenters. The largest absolute Gasteiger partial charge is 0.390 e. The Morgan fingerprint density at radius 2 is 2.14 bits per heavy atom. The molecule has 0 saturated heterocycles. The van der Waals surface area contributed by atoms with Gasteiger partial charge in [-0.25, -0.2) is 0 Å². The van der Waals surface area contributed by atoms with Crippen LogP contribution in [0.3, 0.4) is 0 Å². The Morgan fingerprint density at radius 3 is 2.50 bits per heavy atom. The maximum absolute atomic E-state index is 9.43. The van der Waals surface area contributed by atoms with Crippen molar-refractivity contribution in [2.75, 3.05) is 0 Å². The van der Waals surface area contributed by atoms with Crippen molar-refractivity contribution in [3.63, 3.8) is 0 Å². The summed E-state index contributed by atoms with van der Waals surface area (Å²) >= 11 is 0. The number of nitrogen functional groups attached to an aromatic ring is 1. The Kier molecular flexibility index (Phi) is 3.16. The fraction of sp³-hybridized carbons (Fsp3) is 0.333. The topological polar surface area (TPSA) is 103 Å². The molecule has 0 spiro atoms. The second-order valence-electron chi connectivity index (χ2n) is 3.07. The molecule has 1 aromatic rings. The SMILES string of the molecule is CC(O)C(O)c1ccc(C(=N)N)cn1. The predicted molar refractivity (Wildman–Crippen MR) is 51.9 cm³/mol. The number of aliphatic hydroxyl groups is 2. The van der Waals surface area contributed by atoms with Gasteiger partial charge in [0.25, 0.3) is 0 Å². The van der Waals surface area contributed by atoms with Crippen LogP contribution >= 0.6 is 0 Å². The van der Waals surface area contributed by atoms with E-state index in [0.29, 0.717) is 11.3 Å². The van der Waals surface area contributed by atoms with Crippen molar-refractivity contribution in [2.24, 2.45) is 5.73 Å². The number of hydrogen-bond donors (Lipinski definition) is 4. The average Bonchev–Trinajstić information content (AvgIpc) is 2.16. The molecule has 14 heavy (non-hydrogen) atoms. The summed E-state index contributed by atoms with van der Waals surface area (Å²) in [6, 6.07) is 3.12. The van der Waals surface area contributed by atoms with E-state index in [-0.39, 0.29) is 5.84 Å². The highest BCUT2D eigenvalue weighted by atomic mass is 16.3. The minimum Gasteiger partial charge on any atom is -0.390 e. The summed E-state index contributed by atoms with van der Waals surface area (Å²) in [5.74, 6) is -0.0735. The van der Waals surface area contributed by atoms with Gasteiger partial charge in [0, 0.05) is 11.8 Å². The molecule has 0 radical (unpaired) electrons. The van der Waals surface area contributed by atoms with Crippen LogP contribution in [0.2, 0.25) is 0 Å². The van der Waals surface area contributed by atoms with Crippen molar-refractivity contribution in [2.45, 2.75) is 19.1 Å². The Labute approximate surface area is 81.7 Å². The molecule has 1 aromatic heterocycles. The second kappa shape index (κ2) is 4.17. The number of amidine groups is 1. The highest BCUT2D eigenvalue weighted by Gasteiger charge is 2.14. The number of rotatable bonds is 3. The smallest absolute Gasteiger partial charge is 0.124 e. The van der Waals surface area contributed by atoms with E-state index < -0.39 is 12.2 Å². The fourth-order valence-electron chi connectivity index (χ4n) is 0.987. The molecule has 0 aliphatic heterocycles. The maximum Gasteiger partial charge on any atom is 0.124 e. The average molecular weight is 195 g/mol. The molecule has 5 N–H and O–H groups in total. The van der Waals surface area contributed by atoms with Gasteiger partial charge in [0.1, 0.15) is 11.9 Å². The van der Waals surface area contributed by atoms with E-state index >= 15 is 0 Å². The third kappa shape index (κ3) is 2.27. The monoisotopic (exact) mass is 195 g/mol. The highest BCUT2D eigenvalue weighted by Crippen LogP contribution is 2.13. The van der Waals surface area contributed by atoms with Gasteiger partial charge in [0.2, 0.25) is 0 Å². The van der Waals surface area contributed by atoms with Crippen LogP contribution in [0.5, 0.6) is 0 Å². The van der Waals surface area contributed by atoms with E-state index in [0.717, 1.165) is 0 Å². The van der Waals surface area contributed by atoms with Gasteiger partial charge in [-0.3, -0.25) is 10.4 Å². The first kappa shape index (κ1) is 10.6. The Morgan fingerprint density at radius 1 is 1.50 bits per heavy atom. The van der Waals surface area contributed by atoms with Gasteiger partial charge < -0.3 is 15.9 Å². The van der Waals surface area contributed by atoms with Gasteiger partial charge in [0.15, 0.2) is 0 Å². The minimum absolute atomic E-state index is 0.0735. The summed E-state index contributed by atoms with van der Waals surface area (Å²) in [7, 11) is 0. The molecule has 0 saturated carbocycles. The van der Waals surface area contributed by atoms with E-state index in [1.165, 1.54) is 19.2 Å². The van der Waals surface area contributed by atoms with E-state index in [1.54, 1.807) is 6.07 Å². The Balaban J connectivity index is 2.88. The fourth-order valence-corrected chi connectivity index (χ4v) is 0.987. The molecule has 0 aliphatic rings. The van der Waals surface area contributed by atoms with Crippen LogP contribution in [0, 0.1) is 5.41 Å². The lowest BCUT2D eigenvalue weighted by atomic mass is 10.1. The normalized spacial score (nSPS) is 14.8. The zero-order valence-electron chi connectivity index (χ0n) is 7.81. The maximum atomic E-state index is 9.43. The summed E-state index contributed by atoms with van der Waals surface area (Å²) in [4.78, 5) is 3.89. The summed E-state index contributed by atoms with van der Waals surface area (Å²) in [6.07, 6.45) is -0.481. The molecule has 0 bridgehead atoms. The summed E-state index contributed by atoms with van der Waals surface area (Å²) in [5, 5.41) is 25.6. The third-order valence-electron chi connectivity index (χ3n) is 1.86. The summed E-state index contributed by atoms with van der Waals surface area (Å²) in [6.45, 7) is 1.48. The van der Waals surface area contributed by atoms with Crippen LogP contribution in [-0.2, 0) is 0 Å². The molecule has 1 heterocycles. The van der Waals surface area contributed by atoms with Crippen LogP contribution in [0.4, 0.5) is 0 Å². The number of nitrogens with two attached hydrogens (primary N) is 1. The highest BCUT2D eigenvalue weighted by molar-refractivity contribution is 5.94. The lowest BCUT2D eigenvalue weighted by Gasteiger charge is -2.12. The first-order chi connectivity index (χ1) is 6.52. The molecular formula is C9H13N3O2. The van der Waals surface area contributed by atoms with Crippen molar-refractivity contribution in [1.29, 1.82) is 5.41 Å². The van der Waals surface area contributed by atoms with Crippen molar-refractivity contribution >= 4 is 5.84 Å². The van der Waals surface area contributed by atoms with E-state index in [4.69, 9.17) is 16.2 Å². The molecule has 2 unspecified atom stereocenters. The van der Waals surface area contributed by atoms with E-state index in [1.807, 2.05) is 0 Å². The Bertz CT molecular complexity index is 321. The molecule has 0 aliphatic carbocycles. The number of pyridine rings is 1. The van der Waals surface area contributed by atoms with Crippen LogP contribution < -0.4 is 5.73 Å². The standard InChI is InChI=1S/C9H13N3O2/c1-5(13)8(14)7-3-2-6(4-12-7)9(10)11/h2-5,8,13-14H,1H3,(H3,10,11). The number of nitrogens with zero attached hydrogens (tertiary/aromatic N) is 1. The van der Waals surface area contributed by atoms with Gasteiger partial charge in [-0.1, -0.05) is 0 Å². The molecule has 5 heteroatoms. The third-order valence-corrected chi connectivity index (χ3v) is 1.86. The number of aromatic nitrogens is 1. The van der Waals surface area contributed by atoms with E-state index in [9.17, 15) is 5.11 Å². The number of hydrogen-bond acceptors (Lipinski definition) is 4. The lowest BCUT2D eigenvalue weighted by molar-refractivity contribution is 0.0278. The molecule has 1 rings (SSSR count). The van der Waals surface area contributed by atoms with Gasteiger partial charge in [0.05, 0.1) is 11.8 Å². The second-order valence-corrected chi connectivity index (χ2v) is 3.07. The van der Waals surface area contributed by atoms with Gasteiger partial charge in [-0.15, -0.1) is 0 Å². The zero-order valence-corrected chi connectivity index (χ0v) is 7.81. The predicted octanol–water partition coefficient (Wildman–Crippen LogP) is -0.220. The summed E-state index contributed by atoms with van der Waals surface area (Å²) in [5.41, 5.74) is 6.09. The summed E-state index contributed by atoms with van der Waals surface area (Å²) < 4.78 is 0. The van der Waals surface area contributed by atoms with Gasteiger partial charge >= 0.3 is 0 Å². The minimum atomic E-state index is -1.00. The molecular weight excluding hydrogens is 182 g/mol. The van der Waals surface area contributed by atoms with Crippen LogP contribution in [0.15, 0.2) is 18.3 Å². The number of aliphatic hydroxyl groups excluding tert-OH is 2. The molecule has 0 amide bonds. The van der Waals surface area contributed by atoms with Crippen molar-refractivity contribution in [3.05, 3.63) is 29.6 Å². The van der Waals surface area contributed by atoms with Crippen LogP contribution in [0.1, 0.15) is 24.3 Å². The first-order valence-electron chi connectivity index (χ1n) is 4.19. The van der Waals surface area contributed by atoms with Gasteiger partial charge in [-0.2, -0.15) is 0 Å². The van der Waals surface area contributed by atoms with Crippen molar-refractivity contribution in [1.82, 2.24) is 4.98 Å².